The number of halogens is 1. The van der Waals surface area contributed by atoms with Crippen LogP contribution in [0.5, 0.6) is 0 Å². The molecule has 2 amide bonds. The van der Waals surface area contributed by atoms with Crippen LogP contribution >= 0.6 is 11.6 Å². The van der Waals surface area contributed by atoms with Gasteiger partial charge in [-0.1, -0.05) is 37.6 Å². The normalized spacial score (nSPS) is 16.1. The number of rotatable bonds is 9. The van der Waals surface area contributed by atoms with Gasteiger partial charge in [0.05, 0.1) is 23.8 Å². The van der Waals surface area contributed by atoms with E-state index in [1.807, 2.05) is 13.8 Å². The minimum Gasteiger partial charge on any atom is -0.379 e. The minimum absolute atomic E-state index is 0.0233. The smallest absolute Gasteiger partial charge is 0.253 e. The van der Waals surface area contributed by atoms with E-state index in [1.165, 1.54) is 0 Å². The summed E-state index contributed by atoms with van der Waals surface area (Å²) in [4.78, 5) is 27.3. The van der Waals surface area contributed by atoms with Crippen LogP contribution in [0.2, 0.25) is 5.02 Å². The van der Waals surface area contributed by atoms with Crippen molar-refractivity contribution in [2.24, 2.45) is 5.92 Å². The largest absolute Gasteiger partial charge is 0.379 e. The first kappa shape index (κ1) is 21.7. The Bertz CT molecular complexity index is 618. The molecule has 27 heavy (non-hydrogen) atoms. The average molecular weight is 396 g/mol. The maximum Gasteiger partial charge on any atom is 0.253 e. The Balaban J connectivity index is 1.75. The van der Waals surface area contributed by atoms with Crippen LogP contribution in [0.4, 0.5) is 0 Å². The molecule has 150 valence electrons. The zero-order valence-electron chi connectivity index (χ0n) is 16.2. The minimum atomic E-state index is -0.590. The SMILES string of the molecule is CC(C)C(NC(=O)c1ccccc1Cl)C(=O)NCCCCN1CCOCC1. The van der Waals surface area contributed by atoms with E-state index in [9.17, 15) is 9.59 Å². The Morgan fingerprint density at radius 1 is 1.19 bits per heavy atom. The average Bonchev–Trinajstić information content (AvgIpc) is 2.66. The lowest BCUT2D eigenvalue weighted by Gasteiger charge is -2.26. The molecule has 1 aromatic rings. The van der Waals surface area contributed by atoms with Crippen LogP contribution in [0.15, 0.2) is 24.3 Å². The molecule has 0 aliphatic carbocycles. The predicted octanol–water partition coefficient (Wildman–Crippen LogP) is 2.32. The molecule has 0 aromatic heterocycles. The van der Waals surface area contributed by atoms with E-state index in [2.05, 4.69) is 15.5 Å². The molecule has 0 radical (unpaired) electrons. The lowest BCUT2D eigenvalue weighted by Crippen LogP contribution is -2.50. The molecule has 2 rings (SSSR count). The van der Waals surface area contributed by atoms with Crippen LogP contribution in [0.1, 0.15) is 37.0 Å². The Labute approximate surface area is 166 Å². The monoisotopic (exact) mass is 395 g/mol. The summed E-state index contributed by atoms with van der Waals surface area (Å²) in [6.45, 7) is 9.02. The number of carbonyl (C=O) groups is 2. The summed E-state index contributed by atoms with van der Waals surface area (Å²) in [5.41, 5.74) is 0.378. The summed E-state index contributed by atoms with van der Waals surface area (Å²) in [5.74, 6) is -0.511. The highest BCUT2D eigenvalue weighted by atomic mass is 35.5. The molecule has 1 heterocycles. The number of carbonyl (C=O) groups excluding carboxylic acids is 2. The molecule has 1 unspecified atom stereocenters. The molecular formula is C20H30ClN3O3. The third kappa shape index (κ3) is 7.13. The van der Waals surface area contributed by atoms with E-state index in [-0.39, 0.29) is 17.7 Å². The van der Waals surface area contributed by atoms with Crippen LogP contribution in [0, 0.1) is 5.92 Å². The lowest BCUT2D eigenvalue weighted by molar-refractivity contribution is -0.123. The van der Waals surface area contributed by atoms with Gasteiger partial charge in [-0.3, -0.25) is 14.5 Å². The molecule has 1 saturated heterocycles. The Morgan fingerprint density at radius 3 is 2.56 bits per heavy atom. The van der Waals surface area contributed by atoms with Crippen molar-refractivity contribution < 1.29 is 14.3 Å². The highest BCUT2D eigenvalue weighted by Crippen LogP contribution is 2.15. The third-order valence-corrected chi connectivity index (χ3v) is 4.99. The predicted molar refractivity (Wildman–Crippen MR) is 107 cm³/mol. The number of ether oxygens (including phenoxy) is 1. The van der Waals surface area contributed by atoms with Crippen LogP contribution in [0.25, 0.3) is 0 Å². The van der Waals surface area contributed by atoms with Crippen LogP contribution < -0.4 is 10.6 Å². The first-order valence-electron chi connectivity index (χ1n) is 9.62. The summed E-state index contributed by atoms with van der Waals surface area (Å²) in [6.07, 6.45) is 1.94. The standard InChI is InChI=1S/C20H30ClN3O3/c1-15(2)18(23-19(25)16-7-3-4-8-17(16)21)20(26)22-9-5-6-10-24-11-13-27-14-12-24/h3-4,7-8,15,18H,5-6,9-14H2,1-2H3,(H,22,26)(H,23,25). The molecule has 7 heteroatoms. The molecule has 1 aliphatic heterocycles. The lowest BCUT2D eigenvalue weighted by atomic mass is 10.0. The number of nitrogens with one attached hydrogen (secondary N) is 2. The summed E-state index contributed by atoms with van der Waals surface area (Å²) in [5, 5.41) is 6.13. The molecule has 6 nitrogen and oxygen atoms in total. The number of unbranched alkanes of at least 4 members (excludes halogenated alkanes) is 1. The van der Waals surface area contributed by atoms with Gasteiger partial charge in [0, 0.05) is 19.6 Å². The van der Waals surface area contributed by atoms with Crippen molar-refractivity contribution in [3.63, 3.8) is 0 Å². The molecule has 1 aliphatic rings. The van der Waals surface area contributed by atoms with Crippen molar-refractivity contribution in [2.45, 2.75) is 32.7 Å². The maximum atomic E-state index is 12.5. The Kier molecular flexibility index (Phi) is 9.04. The number of hydrogen-bond donors (Lipinski definition) is 2. The quantitative estimate of drug-likeness (QED) is 0.629. The van der Waals surface area contributed by atoms with Gasteiger partial charge in [-0.05, 0) is 37.4 Å². The second kappa shape index (κ2) is 11.3. The van der Waals surface area contributed by atoms with Gasteiger partial charge in [-0.25, -0.2) is 0 Å². The second-order valence-corrected chi connectivity index (χ2v) is 7.53. The zero-order valence-corrected chi connectivity index (χ0v) is 16.9. The highest BCUT2D eigenvalue weighted by Gasteiger charge is 2.25. The van der Waals surface area contributed by atoms with Crippen molar-refractivity contribution in [3.05, 3.63) is 34.9 Å². The van der Waals surface area contributed by atoms with Gasteiger partial charge in [0.1, 0.15) is 6.04 Å². The fourth-order valence-electron chi connectivity index (χ4n) is 3.01. The van der Waals surface area contributed by atoms with Gasteiger partial charge in [-0.15, -0.1) is 0 Å². The number of morpholine rings is 1. The number of benzene rings is 1. The van der Waals surface area contributed by atoms with Crippen molar-refractivity contribution in [3.8, 4) is 0 Å². The Hall–Kier alpha value is -1.63. The van der Waals surface area contributed by atoms with Crippen molar-refractivity contribution in [1.29, 1.82) is 0 Å². The molecule has 2 N–H and O–H groups in total. The molecular weight excluding hydrogens is 366 g/mol. The van der Waals surface area contributed by atoms with Gasteiger partial charge >= 0.3 is 0 Å². The van der Waals surface area contributed by atoms with E-state index in [0.717, 1.165) is 45.7 Å². The molecule has 1 aromatic carbocycles. The van der Waals surface area contributed by atoms with Gasteiger partial charge in [0.25, 0.3) is 5.91 Å². The number of nitrogens with zero attached hydrogens (tertiary/aromatic N) is 1. The van der Waals surface area contributed by atoms with Gasteiger partial charge in [0.15, 0.2) is 0 Å². The molecule has 1 atom stereocenters. The topological polar surface area (TPSA) is 70.7 Å². The van der Waals surface area contributed by atoms with E-state index in [4.69, 9.17) is 16.3 Å². The van der Waals surface area contributed by atoms with E-state index >= 15 is 0 Å². The second-order valence-electron chi connectivity index (χ2n) is 7.13. The van der Waals surface area contributed by atoms with Crippen molar-refractivity contribution in [2.75, 3.05) is 39.4 Å². The van der Waals surface area contributed by atoms with E-state index in [1.54, 1.807) is 24.3 Å². The van der Waals surface area contributed by atoms with Crippen LogP contribution in [0.3, 0.4) is 0 Å². The fourth-order valence-corrected chi connectivity index (χ4v) is 3.23. The van der Waals surface area contributed by atoms with E-state index in [0.29, 0.717) is 17.1 Å². The van der Waals surface area contributed by atoms with Crippen LogP contribution in [-0.4, -0.2) is 62.1 Å². The fraction of sp³-hybridized carbons (Fsp3) is 0.600. The maximum absolute atomic E-state index is 12.5. The zero-order chi connectivity index (χ0) is 19.6. The van der Waals surface area contributed by atoms with Crippen molar-refractivity contribution in [1.82, 2.24) is 15.5 Å². The summed E-state index contributed by atoms with van der Waals surface area (Å²) >= 11 is 6.07. The Morgan fingerprint density at radius 2 is 1.89 bits per heavy atom. The van der Waals surface area contributed by atoms with E-state index < -0.39 is 6.04 Å². The first-order chi connectivity index (χ1) is 13.0. The van der Waals surface area contributed by atoms with Gasteiger partial charge in [0.2, 0.25) is 5.91 Å². The molecule has 0 bridgehead atoms. The summed E-state index contributed by atoms with van der Waals surface area (Å²) in [6, 6.07) is 6.24. The molecule has 0 saturated carbocycles. The first-order valence-corrected chi connectivity index (χ1v) is 10.00. The highest BCUT2D eigenvalue weighted by molar-refractivity contribution is 6.33. The third-order valence-electron chi connectivity index (χ3n) is 4.66. The molecule has 1 fully saturated rings. The van der Waals surface area contributed by atoms with Crippen LogP contribution in [-0.2, 0) is 9.53 Å². The van der Waals surface area contributed by atoms with Gasteiger partial charge in [-0.2, -0.15) is 0 Å². The number of amides is 2. The van der Waals surface area contributed by atoms with Gasteiger partial charge < -0.3 is 15.4 Å². The summed E-state index contributed by atoms with van der Waals surface area (Å²) in [7, 11) is 0. The van der Waals surface area contributed by atoms with Crippen molar-refractivity contribution >= 4 is 23.4 Å². The summed E-state index contributed by atoms with van der Waals surface area (Å²) < 4.78 is 5.34. The molecule has 0 spiro atoms. The number of hydrogen-bond acceptors (Lipinski definition) is 4.